The maximum absolute atomic E-state index is 12.6. The Morgan fingerprint density at radius 3 is 2.46 bits per heavy atom. The number of nitrogens with zero attached hydrogens (tertiary/aromatic N) is 1. The zero-order valence-corrected chi connectivity index (χ0v) is 15.6. The molecule has 0 aliphatic rings. The largest absolute Gasteiger partial charge is 0.506 e. The Bertz CT molecular complexity index is 1100. The molecule has 0 saturated heterocycles. The third-order valence-corrected chi connectivity index (χ3v) is 4.32. The lowest BCUT2D eigenvalue weighted by Gasteiger charge is -2.12. The number of carbonyl (C=O) groups is 2. The molecule has 7 nitrogen and oxygen atoms in total. The van der Waals surface area contributed by atoms with Gasteiger partial charge in [0, 0.05) is 18.1 Å². The zero-order chi connectivity index (χ0) is 20.3. The number of pyridine rings is 1. The van der Waals surface area contributed by atoms with E-state index in [-0.39, 0.29) is 11.3 Å². The Morgan fingerprint density at radius 2 is 1.79 bits per heavy atom. The van der Waals surface area contributed by atoms with Crippen molar-refractivity contribution in [2.75, 3.05) is 11.9 Å². The van der Waals surface area contributed by atoms with Crippen LogP contribution < -0.4 is 10.9 Å². The first-order chi connectivity index (χ1) is 13.4. The monoisotopic (exact) mass is 380 g/mol. The summed E-state index contributed by atoms with van der Waals surface area (Å²) in [6.45, 7) is 2.24. The number of benzene rings is 2. The number of aromatic nitrogens is 1. The summed E-state index contributed by atoms with van der Waals surface area (Å²) < 4.78 is 6.37. The van der Waals surface area contributed by atoms with Crippen molar-refractivity contribution >= 4 is 28.5 Å². The summed E-state index contributed by atoms with van der Waals surface area (Å²) in [5.74, 6) is -1.54. The van der Waals surface area contributed by atoms with Crippen molar-refractivity contribution in [1.82, 2.24) is 4.57 Å². The normalized spacial score (nSPS) is 10.6. The second kappa shape index (κ2) is 7.96. The third kappa shape index (κ3) is 3.59. The first-order valence-electron chi connectivity index (χ1n) is 8.83. The minimum absolute atomic E-state index is 0.335. The minimum Gasteiger partial charge on any atom is -0.506 e. The molecule has 1 amide bonds. The van der Waals surface area contributed by atoms with Crippen LogP contribution in [0.2, 0.25) is 0 Å². The molecule has 3 aromatic rings. The van der Waals surface area contributed by atoms with Gasteiger partial charge < -0.3 is 19.7 Å². The summed E-state index contributed by atoms with van der Waals surface area (Å²) in [6, 6.07) is 12.9. The van der Waals surface area contributed by atoms with Gasteiger partial charge in [-0.3, -0.25) is 9.59 Å². The Balaban J connectivity index is 1.88. The quantitative estimate of drug-likeness (QED) is 0.663. The standard InChI is InChI=1S/C21H20N2O5/c1-3-12-28-21(27)13-8-10-14(11-9-13)22-19(25)17-18(24)15-6-4-5-7-16(15)23(2)20(17)26/h4-11,24H,3,12H2,1-2H3,(H,22,25). The molecule has 0 unspecified atom stereocenters. The van der Waals surface area contributed by atoms with E-state index in [2.05, 4.69) is 5.32 Å². The maximum Gasteiger partial charge on any atom is 0.338 e. The highest BCUT2D eigenvalue weighted by molar-refractivity contribution is 6.09. The van der Waals surface area contributed by atoms with Crippen molar-refractivity contribution < 1.29 is 19.4 Å². The number of rotatable bonds is 5. The molecule has 0 fully saturated rings. The number of nitrogens with one attached hydrogen (secondary N) is 1. The zero-order valence-electron chi connectivity index (χ0n) is 15.6. The van der Waals surface area contributed by atoms with Crippen LogP contribution in [0.15, 0.2) is 53.3 Å². The summed E-state index contributed by atoms with van der Waals surface area (Å²) in [6.07, 6.45) is 0.726. The van der Waals surface area contributed by atoms with E-state index >= 15 is 0 Å². The third-order valence-electron chi connectivity index (χ3n) is 4.32. The van der Waals surface area contributed by atoms with Crippen LogP contribution in [-0.2, 0) is 11.8 Å². The van der Waals surface area contributed by atoms with E-state index in [1.165, 1.54) is 35.9 Å². The molecule has 7 heteroatoms. The number of para-hydroxylation sites is 1. The average Bonchev–Trinajstić information content (AvgIpc) is 2.71. The van der Waals surface area contributed by atoms with Crippen LogP contribution in [0.1, 0.15) is 34.1 Å². The molecular formula is C21H20N2O5. The molecule has 0 atom stereocenters. The lowest BCUT2D eigenvalue weighted by molar-refractivity contribution is 0.0505. The van der Waals surface area contributed by atoms with E-state index in [0.717, 1.165) is 6.42 Å². The maximum atomic E-state index is 12.6. The lowest BCUT2D eigenvalue weighted by atomic mass is 10.1. The molecule has 0 bridgehead atoms. The van der Waals surface area contributed by atoms with Gasteiger partial charge in [0.1, 0.15) is 11.3 Å². The molecule has 0 spiro atoms. The predicted molar refractivity (Wildman–Crippen MR) is 106 cm³/mol. The van der Waals surface area contributed by atoms with Crippen LogP contribution in [0.3, 0.4) is 0 Å². The first kappa shape index (κ1) is 19.2. The summed E-state index contributed by atoms with van der Waals surface area (Å²) in [4.78, 5) is 37.0. The fraction of sp³-hybridized carbons (Fsp3) is 0.190. The fourth-order valence-electron chi connectivity index (χ4n) is 2.85. The molecule has 0 aliphatic carbocycles. The van der Waals surface area contributed by atoms with Crippen molar-refractivity contribution in [1.29, 1.82) is 0 Å². The van der Waals surface area contributed by atoms with E-state index in [1.807, 2.05) is 6.92 Å². The van der Waals surface area contributed by atoms with E-state index in [9.17, 15) is 19.5 Å². The number of amides is 1. The van der Waals surface area contributed by atoms with Crippen molar-refractivity contribution in [3.8, 4) is 5.75 Å². The molecule has 2 aromatic carbocycles. The van der Waals surface area contributed by atoms with E-state index < -0.39 is 17.4 Å². The van der Waals surface area contributed by atoms with Crippen LogP contribution >= 0.6 is 0 Å². The number of aromatic hydroxyl groups is 1. The number of carbonyl (C=O) groups excluding carboxylic acids is 2. The van der Waals surface area contributed by atoms with Gasteiger partial charge in [-0.1, -0.05) is 19.1 Å². The molecule has 0 aliphatic heterocycles. The van der Waals surface area contributed by atoms with Gasteiger partial charge in [0.15, 0.2) is 0 Å². The molecule has 2 N–H and O–H groups in total. The molecule has 1 aromatic heterocycles. The lowest BCUT2D eigenvalue weighted by Crippen LogP contribution is -2.28. The van der Waals surface area contributed by atoms with Crippen molar-refractivity contribution in [2.24, 2.45) is 7.05 Å². The van der Waals surface area contributed by atoms with E-state index in [1.54, 1.807) is 24.3 Å². The molecular weight excluding hydrogens is 360 g/mol. The van der Waals surface area contributed by atoms with Crippen LogP contribution in [0.25, 0.3) is 10.9 Å². The van der Waals surface area contributed by atoms with Gasteiger partial charge in [0.05, 0.1) is 17.7 Å². The van der Waals surface area contributed by atoms with Crippen LogP contribution in [0.5, 0.6) is 5.75 Å². The average molecular weight is 380 g/mol. The molecule has 28 heavy (non-hydrogen) atoms. The second-order valence-corrected chi connectivity index (χ2v) is 6.27. The van der Waals surface area contributed by atoms with Gasteiger partial charge in [-0.05, 0) is 42.8 Å². The minimum atomic E-state index is -0.731. The number of aryl methyl sites for hydroxylation is 1. The highest BCUT2D eigenvalue weighted by Crippen LogP contribution is 2.26. The SMILES string of the molecule is CCCOC(=O)c1ccc(NC(=O)c2c(O)c3ccccc3n(C)c2=O)cc1. The number of ether oxygens (including phenoxy) is 1. The van der Waals surface area contributed by atoms with Gasteiger partial charge >= 0.3 is 5.97 Å². The van der Waals surface area contributed by atoms with Gasteiger partial charge in [-0.2, -0.15) is 0 Å². The molecule has 1 heterocycles. The Morgan fingerprint density at radius 1 is 1.11 bits per heavy atom. The molecule has 144 valence electrons. The number of fused-ring (bicyclic) bond motifs is 1. The molecule has 0 radical (unpaired) electrons. The van der Waals surface area contributed by atoms with Gasteiger partial charge in [-0.15, -0.1) is 0 Å². The number of esters is 1. The molecule has 3 rings (SSSR count). The number of hydrogen-bond donors (Lipinski definition) is 2. The fourth-order valence-corrected chi connectivity index (χ4v) is 2.85. The highest BCUT2D eigenvalue weighted by atomic mass is 16.5. The summed E-state index contributed by atoms with van der Waals surface area (Å²) in [5, 5.41) is 13.5. The van der Waals surface area contributed by atoms with Crippen molar-refractivity contribution in [2.45, 2.75) is 13.3 Å². The van der Waals surface area contributed by atoms with Gasteiger partial charge in [0.25, 0.3) is 11.5 Å². The van der Waals surface area contributed by atoms with Crippen LogP contribution in [0.4, 0.5) is 5.69 Å². The topological polar surface area (TPSA) is 97.6 Å². The Hall–Kier alpha value is -3.61. The Kier molecular flexibility index (Phi) is 5.44. The van der Waals surface area contributed by atoms with Crippen LogP contribution in [-0.4, -0.2) is 28.2 Å². The smallest absolute Gasteiger partial charge is 0.338 e. The Labute approximate surface area is 161 Å². The summed E-state index contributed by atoms with van der Waals surface area (Å²) in [5.41, 5.74) is 0.320. The second-order valence-electron chi connectivity index (χ2n) is 6.27. The molecule has 0 saturated carbocycles. The van der Waals surface area contributed by atoms with E-state index in [0.29, 0.717) is 28.8 Å². The number of anilines is 1. The summed E-state index contributed by atoms with van der Waals surface area (Å²) >= 11 is 0. The summed E-state index contributed by atoms with van der Waals surface area (Å²) in [7, 11) is 1.54. The van der Waals surface area contributed by atoms with Gasteiger partial charge in [0.2, 0.25) is 0 Å². The van der Waals surface area contributed by atoms with Crippen molar-refractivity contribution in [3.05, 3.63) is 70.0 Å². The van der Waals surface area contributed by atoms with E-state index in [4.69, 9.17) is 4.74 Å². The van der Waals surface area contributed by atoms with Gasteiger partial charge in [-0.25, -0.2) is 4.79 Å². The predicted octanol–water partition coefficient (Wildman–Crippen LogP) is 3.06. The number of hydrogen-bond acceptors (Lipinski definition) is 5. The highest BCUT2D eigenvalue weighted by Gasteiger charge is 2.21. The van der Waals surface area contributed by atoms with Crippen LogP contribution in [0, 0.1) is 0 Å². The van der Waals surface area contributed by atoms with Crippen molar-refractivity contribution in [3.63, 3.8) is 0 Å². The first-order valence-corrected chi connectivity index (χ1v) is 8.83.